The van der Waals surface area contributed by atoms with Gasteiger partial charge in [-0.1, -0.05) is 138 Å². The van der Waals surface area contributed by atoms with Crippen molar-refractivity contribution in [2.24, 2.45) is 0 Å². The van der Waals surface area contributed by atoms with E-state index in [2.05, 4.69) is 183 Å². The summed E-state index contributed by atoms with van der Waals surface area (Å²) in [5.41, 5.74) is 13.6. The maximum atomic E-state index is 2.43. The zero-order chi connectivity index (χ0) is 33.3. The van der Waals surface area contributed by atoms with Crippen molar-refractivity contribution < 1.29 is 0 Å². The van der Waals surface area contributed by atoms with Crippen LogP contribution in [0, 0.1) is 13.8 Å². The molecule has 0 bridgehead atoms. The van der Waals surface area contributed by atoms with Gasteiger partial charge in [-0.2, -0.15) is 0 Å². The van der Waals surface area contributed by atoms with Crippen LogP contribution in [-0.2, 0) is 0 Å². The number of aryl methyl sites for hydroxylation is 2. The van der Waals surface area contributed by atoms with Crippen LogP contribution >= 0.6 is 11.8 Å². The van der Waals surface area contributed by atoms with Gasteiger partial charge in [0.2, 0.25) is 0 Å². The van der Waals surface area contributed by atoms with E-state index >= 15 is 0 Å². The van der Waals surface area contributed by atoms with Gasteiger partial charge in [0.05, 0.1) is 11.4 Å². The van der Waals surface area contributed by atoms with Gasteiger partial charge < -0.3 is 4.90 Å². The molecule has 9 aromatic rings. The zero-order valence-corrected chi connectivity index (χ0v) is 28.8. The Hall–Kier alpha value is -5.83. The van der Waals surface area contributed by atoms with Gasteiger partial charge in [-0.3, -0.25) is 0 Å². The van der Waals surface area contributed by atoms with Crippen molar-refractivity contribution in [1.82, 2.24) is 0 Å². The smallest absolute Gasteiger partial charge is 0.0607 e. The first-order valence-electron chi connectivity index (χ1n) is 17.2. The molecule has 0 saturated carbocycles. The average Bonchev–Trinajstić information content (AvgIpc) is 3.16. The third-order valence-electron chi connectivity index (χ3n) is 10.3. The summed E-state index contributed by atoms with van der Waals surface area (Å²) in [4.78, 5) is 4.96. The minimum absolute atomic E-state index is 1.16. The van der Waals surface area contributed by atoms with Crippen molar-refractivity contribution in [2.45, 2.75) is 23.6 Å². The predicted octanol–water partition coefficient (Wildman–Crippen LogP) is 14.1. The highest BCUT2D eigenvalue weighted by Gasteiger charge is 2.25. The molecule has 0 amide bonds. The fraction of sp³-hybridized carbons (Fsp3) is 0.0417. The van der Waals surface area contributed by atoms with Crippen LogP contribution in [0.3, 0.4) is 0 Å². The van der Waals surface area contributed by atoms with Crippen LogP contribution in [0.4, 0.5) is 17.1 Å². The highest BCUT2D eigenvalue weighted by Crippen LogP contribution is 2.52. The number of para-hydroxylation sites is 1. The molecule has 0 radical (unpaired) electrons. The number of nitrogens with zero attached hydrogens (tertiary/aromatic N) is 1. The Morgan fingerprint density at radius 1 is 0.400 bits per heavy atom. The number of rotatable bonds is 4. The molecular formula is C48H33NS. The van der Waals surface area contributed by atoms with Crippen LogP contribution in [0.5, 0.6) is 0 Å². The lowest BCUT2D eigenvalue weighted by Crippen LogP contribution is -2.14. The van der Waals surface area contributed by atoms with Crippen molar-refractivity contribution in [3.63, 3.8) is 0 Å². The van der Waals surface area contributed by atoms with Crippen molar-refractivity contribution in [1.29, 1.82) is 0 Å². The molecule has 1 heterocycles. The van der Waals surface area contributed by atoms with E-state index in [9.17, 15) is 0 Å². The van der Waals surface area contributed by atoms with Gasteiger partial charge in [-0.15, -0.1) is 0 Å². The monoisotopic (exact) mass is 655 g/mol. The van der Waals surface area contributed by atoms with Crippen LogP contribution in [0.1, 0.15) is 11.1 Å². The summed E-state index contributed by atoms with van der Waals surface area (Å²) < 4.78 is 0. The van der Waals surface area contributed by atoms with Crippen LogP contribution in [0.15, 0.2) is 174 Å². The summed E-state index contributed by atoms with van der Waals surface area (Å²) in [5, 5.41) is 7.84. The molecule has 10 rings (SSSR count). The van der Waals surface area contributed by atoms with Gasteiger partial charge >= 0.3 is 0 Å². The standard InChI is InChI=1S/C48H33NS/c1-30-7-11-32(12-8-30)33-17-22-40(23-18-33)49-43-5-3-4-6-45(43)50-46-26-21-36(29-44(46)49)39-27-37-16-15-35-19-24-41(34-13-9-31(2)10-14-34)42-25-20-38(28-39)47(37)48(35)42/h3-29H,1-2H3. The van der Waals surface area contributed by atoms with Crippen LogP contribution < -0.4 is 4.90 Å². The number of hydrogen-bond acceptors (Lipinski definition) is 2. The molecule has 0 N–H and O–H groups in total. The first kappa shape index (κ1) is 29.1. The maximum absolute atomic E-state index is 2.43. The van der Waals surface area contributed by atoms with E-state index in [-0.39, 0.29) is 0 Å². The highest BCUT2D eigenvalue weighted by atomic mass is 32.2. The van der Waals surface area contributed by atoms with Crippen LogP contribution in [0.25, 0.3) is 65.7 Å². The Morgan fingerprint density at radius 3 is 1.72 bits per heavy atom. The second-order valence-corrected chi connectivity index (χ2v) is 14.6. The van der Waals surface area contributed by atoms with E-state index in [0.29, 0.717) is 0 Å². The first-order valence-corrected chi connectivity index (χ1v) is 18.1. The Labute approximate surface area is 296 Å². The number of benzene rings is 9. The number of hydrogen-bond donors (Lipinski definition) is 0. The molecular weight excluding hydrogens is 623 g/mol. The van der Waals surface area contributed by atoms with E-state index in [1.165, 1.54) is 98.0 Å². The van der Waals surface area contributed by atoms with Gasteiger partial charge in [0.25, 0.3) is 0 Å². The van der Waals surface area contributed by atoms with Crippen molar-refractivity contribution >= 4 is 61.1 Å². The maximum Gasteiger partial charge on any atom is 0.0607 e. The minimum atomic E-state index is 1.16. The number of anilines is 3. The second kappa shape index (κ2) is 11.4. The lowest BCUT2D eigenvalue weighted by Gasteiger charge is -2.33. The Bertz CT molecular complexity index is 2700. The third kappa shape index (κ3) is 4.71. The normalized spacial score (nSPS) is 12.5. The quantitative estimate of drug-likeness (QED) is 0.174. The molecule has 0 unspecified atom stereocenters. The molecule has 0 atom stereocenters. The molecule has 0 aromatic heterocycles. The molecule has 1 nitrogen and oxygen atoms in total. The molecule has 0 saturated heterocycles. The lowest BCUT2D eigenvalue weighted by molar-refractivity contribution is 1.17. The molecule has 0 spiro atoms. The minimum Gasteiger partial charge on any atom is -0.308 e. The fourth-order valence-corrected chi connectivity index (χ4v) is 8.77. The highest BCUT2D eigenvalue weighted by molar-refractivity contribution is 7.99. The van der Waals surface area contributed by atoms with Gasteiger partial charge in [-0.25, -0.2) is 0 Å². The first-order chi connectivity index (χ1) is 24.6. The summed E-state index contributed by atoms with van der Waals surface area (Å²) in [5.74, 6) is 0. The second-order valence-electron chi connectivity index (χ2n) is 13.6. The zero-order valence-electron chi connectivity index (χ0n) is 27.9. The predicted molar refractivity (Wildman–Crippen MR) is 215 cm³/mol. The molecule has 50 heavy (non-hydrogen) atoms. The largest absolute Gasteiger partial charge is 0.308 e. The topological polar surface area (TPSA) is 3.24 Å². The molecule has 2 heteroatoms. The third-order valence-corrected chi connectivity index (χ3v) is 11.5. The Morgan fingerprint density at radius 2 is 0.980 bits per heavy atom. The molecule has 0 aliphatic carbocycles. The van der Waals surface area contributed by atoms with E-state index in [1.807, 2.05) is 11.8 Å². The summed E-state index contributed by atoms with van der Waals surface area (Å²) in [6.45, 7) is 4.28. The van der Waals surface area contributed by atoms with Crippen molar-refractivity contribution in [2.75, 3.05) is 4.90 Å². The van der Waals surface area contributed by atoms with E-state index in [1.54, 1.807) is 0 Å². The van der Waals surface area contributed by atoms with E-state index in [4.69, 9.17) is 0 Å². The molecule has 1 aliphatic rings. The molecule has 0 fully saturated rings. The summed E-state index contributed by atoms with van der Waals surface area (Å²) >= 11 is 1.85. The fourth-order valence-electron chi connectivity index (χ4n) is 7.73. The summed E-state index contributed by atoms with van der Waals surface area (Å²) in [6.07, 6.45) is 0. The van der Waals surface area contributed by atoms with E-state index in [0.717, 1.165) is 5.69 Å². The van der Waals surface area contributed by atoms with Crippen molar-refractivity contribution in [3.8, 4) is 33.4 Å². The molecule has 1 aliphatic heterocycles. The van der Waals surface area contributed by atoms with Gasteiger partial charge in [0, 0.05) is 15.5 Å². The Kier molecular flexibility index (Phi) is 6.62. The van der Waals surface area contributed by atoms with Gasteiger partial charge in [0.15, 0.2) is 0 Å². The molecule has 236 valence electrons. The lowest BCUT2D eigenvalue weighted by atomic mass is 9.88. The van der Waals surface area contributed by atoms with E-state index < -0.39 is 0 Å². The SMILES string of the molecule is Cc1ccc(-c2ccc(N3c4ccccc4Sc4ccc(-c5cc6ccc7ccc(-c8ccc(C)cc8)c8ccc(c5)c6c78)cc43)cc2)cc1. The van der Waals surface area contributed by atoms with Gasteiger partial charge in [0.1, 0.15) is 0 Å². The number of fused-ring (bicyclic) bond motifs is 2. The average molecular weight is 656 g/mol. The van der Waals surface area contributed by atoms with Gasteiger partial charge in [-0.05, 0) is 128 Å². The molecule has 9 aromatic carbocycles. The van der Waals surface area contributed by atoms with Crippen LogP contribution in [0.2, 0.25) is 0 Å². The van der Waals surface area contributed by atoms with Crippen molar-refractivity contribution in [3.05, 3.63) is 175 Å². The Balaban J connectivity index is 1.09. The van der Waals surface area contributed by atoms with Crippen LogP contribution in [-0.4, -0.2) is 0 Å². The summed E-state index contributed by atoms with van der Waals surface area (Å²) in [6, 6.07) is 61.0. The summed E-state index contributed by atoms with van der Waals surface area (Å²) in [7, 11) is 0.